The molecule has 0 bridgehead atoms. The molecule has 0 atom stereocenters. The lowest BCUT2D eigenvalue weighted by molar-refractivity contribution is 0.438. The molecule has 5 nitrogen and oxygen atoms in total. The monoisotopic (exact) mass is 336 g/mol. The number of hydrogen-bond donors (Lipinski definition) is 1. The van der Waals surface area contributed by atoms with Gasteiger partial charge in [0.25, 0.3) is 0 Å². The SMILES string of the molecule is CNCc1ccc(S(=O)(=O)N2CCS(=O)CC2)cc1Cl. The first-order chi connectivity index (χ1) is 9.45. The molecular weight excluding hydrogens is 320 g/mol. The van der Waals surface area contributed by atoms with Gasteiger partial charge in [0.2, 0.25) is 10.0 Å². The zero-order chi connectivity index (χ0) is 14.8. The van der Waals surface area contributed by atoms with Gasteiger partial charge in [0.15, 0.2) is 0 Å². The van der Waals surface area contributed by atoms with Crippen molar-refractivity contribution in [1.82, 2.24) is 9.62 Å². The summed E-state index contributed by atoms with van der Waals surface area (Å²) in [6.07, 6.45) is 0. The van der Waals surface area contributed by atoms with Crippen molar-refractivity contribution in [2.24, 2.45) is 0 Å². The first-order valence-corrected chi connectivity index (χ1v) is 9.54. The molecule has 20 heavy (non-hydrogen) atoms. The number of halogens is 1. The van der Waals surface area contributed by atoms with Gasteiger partial charge < -0.3 is 5.32 Å². The third-order valence-electron chi connectivity index (χ3n) is 3.17. The second-order valence-electron chi connectivity index (χ2n) is 4.54. The lowest BCUT2D eigenvalue weighted by Gasteiger charge is -2.25. The molecule has 1 N–H and O–H groups in total. The summed E-state index contributed by atoms with van der Waals surface area (Å²) < 4.78 is 37.6. The molecule has 8 heteroatoms. The molecule has 1 aromatic rings. The van der Waals surface area contributed by atoms with E-state index in [-0.39, 0.29) is 4.90 Å². The van der Waals surface area contributed by atoms with Crippen molar-refractivity contribution < 1.29 is 12.6 Å². The standard InChI is InChI=1S/C12H17ClN2O3S2/c1-14-9-10-2-3-11(8-12(10)13)20(17,18)15-4-6-19(16)7-5-15/h2-3,8,14H,4-7,9H2,1H3. The van der Waals surface area contributed by atoms with E-state index in [0.29, 0.717) is 36.2 Å². The first kappa shape index (κ1) is 15.9. The van der Waals surface area contributed by atoms with Crippen LogP contribution in [-0.4, -0.2) is 48.6 Å². The molecule has 1 saturated heterocycles. The van der Waals surface area contributed by atoms with Gasteiger partial charge in [-0.1, -0.05) is 17.7 Å². The molecule has 0 saturated carbocycles. The maximum atomic E-state index is 12.5. The Kier molecular flexibility index (Phi) is 5.19. The molecule has 1 aliphatic heterocycles. The van der Waals surface area contributed by atoms with Crippen LogP contribution >= 0.6 is 11.6 Å². The highest BCUT2D eigenvalue weighted by molar-refractivity contribution is 7.89. The minimum Gasteiger partial charge on any atom is -0.316 e. The average molecular weight is 337 g/mol. The Hall–Kier alpha value is -0.470. The fraction of sp³-hybridized carbons (Fsp3) is 0.500. The molecule has 0 radical (unpaired) electrons. The van der Waals surface area contributed by atoms with Crippen molar-refractivity contribution in [3.63, 3.8) is 0 Å². The van der Waals surface area contributed by atoms with E-state index >= 15 is 0 Å². The van der Waals surface area contributed by atoms with E-state index in [2.05, 4.69) is 5.32 Å². The summed E-state index contributed by atoms with van der Waals surface area (Å²) in [6.45, 7) is 1.18. The Labute approximate surface area is 126 Å². The highest BCUT2D eigenvalue weighted by atomic mass is 35.5. The Morgan fingerprint density at radius 2 is 2.00 bits per heavy atom. The third-order valence-corrected chi connectivity index (χ3v) is 6.69. The highest BCUT2D eigenvalue weighted by Crippen LogP contribution is 2.24. The quantitative estimate of drug-likeness (QED) is 0.883. The van der Waals surface area contributed by atoms with Crippen LogP contribution in [0.4, 0.5) is 0 Å². The van der Waals surface area contributed by atoms with Gasteiger partial charge in [-0.05, 0) is 24.7 Å². The van der Waals surface area contributed by atoms with Crippen LogP contribution in [0.15, 0.2) is 23.1 Å². The number of benzene rings is 1. The van der Waals surface area contributed by atoms with Crippen LogP contribution in [0.25, 0.3) is 0 Å². The van der Waals surface area contributed by atoms with E-state index in [9.17, 15) is 12.6 Å². The van der Waals surface area contributed by atoms with Gasteiger partial charge in [-0.25, -0.2) is 8.42 Å². The van der Waals surface area contributed by atoms with E-state index in [1.54, 1.807) is 19.2 Å². The summed E-state index contributed by atoms with van der Waals surface area (Å²) in [4.78, 5) is 0.190. The van der Waals surface area contributed by atoms with Crippen LogP contribution < -0.4 is 5.32 Å². The predicted octanol–water partition coefficient (Wildman–Crippen LogP) is 0.812. The first-order valence-electron chi connectivity index (χ1n) is 6.23. The van der Waals surface area contributed by atoms with E-state index in [4.69, 9.17) is 11.6 Å². The largest absolute Gasteiger partial charge is 0.316 e. The number of rotatable bonds is 4. The normalized spacial score (nSPS) is 18.3. The molecule has 1 aliphatic rings. The Morgan fingerprint density at radius 1 is 1.35 bits per heavy atom. The summed E-state index contributed by atoms with van der Waals surface area (Å²) in [5, 5.41) is 3.40. The zero-order valence-electron chi connectivity index (χ0n) is 11.1. The minimum atomic E-state index is -3.55. The van der Waals surface area contributed by atoms with E-state index in [1.165, 1.54) is 10.4 Å². The fourth-order valence-corrected chi connectivity index (χ4v) is 5.10. The summed E-state index contributed by atoms with van der Waals surface area (Å²) in [5.41, 5.74) is 0.855. The molecule has 0 spiro atoms. The molecule has 0 aromatic heterocycles. The van der Waals surface area contributed by atoms with Crippen LogP contribution in [-0.2, 0) is 27.4 Å². The predicted molar refractivity (Wildman–Crippen MR) is 80.9 cm³/mol. The van der Waals surface area contributed by atoms with Gasteiger partial charge in [-0.15, -0.1) is 0 Å². The third kappa shape index (κ3) is 3.40. The average Bonchev–Trinajstić information content (AvgIpc) is 2.41. The summed E-state index contributed by atoms with van der Waals surface area (Å²) in [7, 11) is -2.65. The van der Waals surface area contributed by atoms with Gasteiger partial charge in [0, 0.05) is 47.0 Å². The van der Waals surface area contributed by atoms with Crippen molar-refractivity contribution in [3.8, 4) is 0 Å². The molecule has 2 rings (SSSR count). The van der Waals surface area contributed by atoms with Crippen molar-refractivity contribution in [2.75, 3.05) is 31.6 Å². The van der Waals surface area contributed by atoms with Gasteiger partial charge in [0.1, 0.15) is 0 Å². The highest BCUT2D eigenvalue weighted by Gasteiger charge is 2.28. The van der Waals surface area contributed by atoms with Crippen LogP contribution in [0.3, 0.4) is 0 Å². The Morgan fingerprint density at radius 3 is 2.55 bits per heavy atom. The Balaban J connectivity index is 2.25. The number of nitrogens with one attached hydrogen (secondary N) is 1. The second-order valence-corrected chi connectivity index (χ2v) is 8.58. The van der Waals surface area contributed by atoms with Crippen LogP contribution in [0.1, 0.15) is 5.56 Å². The minimum absolute atomic E-state index is 0.190. The van der Waals surface area contributed by atoms with Crippen LogP contribution in [0.5, 0.6) is 0 Å². The van der Waals surface area contributed by atoms with Gasteiger partial charge in [-0.2, -0.15) is 4.31 Å². The maximum Gasteiger partial charge on any atom is 0.243 e. The molecule has 0 unspecified atom stereocenters. The molecule has 1 fully saturated rings. The second kappa shape index (κ2) is 6.53. The van der Waals surface area contributed by atoms with Gasteiger partial charge >= 0.3 is 0 Å². The summed E-state index contributed by atoms with van der Waals surface area (Å²) in [6, 6.07) is 4.77. The molecule has 1 aromatic carbocycles. The molecule has 1 heterocycles. The van der Waals surface area contributed by atoms with Crippen molar-refractivity contribution in [2.45, 2.75) is 11.4 Å². The van der Waals surface area contributed by atoms with Gasteiger partial charge in [-0.3, -0.25) is 4.21 Å². The lowest BCUT2D eigenvalue weighted by atomic mass is 10.2. The maximum absolute atomic E-state index is 12.5. The molecule has 0 aliphatic carbocycles. The summed E-state index contributed by atoms with van der Waals surface area (Å²) in [5.74, 6) is 0.787. The Bertz CT molecular complexity index is 609. The van der Waals surface area contributed by atoms with Crippen LogP contribution in [0.2, 0.25) is 5.02 Å². The van der Waals surface area contributed by atoms with Crippen LogP contribution in [0, 0.1) is 0 Å². The van der Waals surface area contributed by atoms with Crippen molar-refractivity contribution in [1.29, 1.82) is 0 Å². The molecule has 0 amide bonds. The number of sulfonamides is 1. The zero-order valence-corrected chi connectivity index (χ0v) is 13.5. The van der Waals surface area contributed by atoms with Crippen molar-refractivity contribution >= 4 is 32.4 Å². The number of nitrogens with zero attached hydrogens (tertiary/aromatic N) is 1. The lowest BCUT2D eigenvalue weighted by Crippen LogP contribution is -2.41. The smallest absolute Gasteiger partial charge is 0.243 e. The van der Waals surface area contributed by atoms with E-state index in [0.717, 1.165) is 5.56 Å². The summed E-state index contributed by atoms with van der Waals surface area (Å²) >= 11 is 6.10. The molecular formula is C12H17ClN2O3S2. The van der Waals surface area contributed by atoms with Crippen molar-refractivity contribution in [3.05, 3.63) is 28.8 Å². The van der Waals surface area contributed by atoms with E-state index in [1.807, 2.05) is 0 Å². The van der Waals surface area contributed by atoms with E-state index < -0.39 is 20.8 Å². The fourth-order valence-electron chi connectivity index (χ4n) is 2.03. The topological polar surface area (TPSA) is 66.5 Å². The molecule has 112 valence electrons. The van der Waals surface area contributed by atoms with Gasteiger partial charge in [0.05, 0.1) is 4.90 Å². The number of hydrogen-bond acceptors (Lipinski definition) is 4.